The lowest BCUT2D eigenvalue weighted by Gasteiger charge is -2.41. The fraction of sp³-hybridized carbons (Fsp3) is 0.294. The van der Waals surface area contributed by atoms with E-state index >= 15 is 0 Å². The minimum atomic E-state index is 0. The molecule has 0 saturated carbocycles. The van der Waals surface area contributed by atoms with Crippen LogP contribution < -0.4 is 5.32 Å². The second-order valence-electron chi connectivity index (χ2n) is 5.76. The number of hydrogen-bond acceptors (Lipinski definition) is 1. The zero-order valence-corrected chi connectivity index (χ0v) is 13.3. The molecule has 0 aromatic heterocycles. The summed E-state index contributed by atoms with van der Waals surface area (Å²) in [7, 11) is 0. The maximum Gasteiger partial charge on any atom is 0.0406 e. The highest BCUT2D eigenvalue weighted by molar-refractivity contribution is 6.30. The molecule has 106 valence electrons. The quantitative estimate of drug-likeness (QED) is 0.800. The summed E-state index contributed by atoms with van der Waals surface area (Å²) in [5, 5.41) is 4.44. The fourth-order valence-electron chi connectivity index (χ4n) is 3.04. The second-order valence-corrected chi connectivity index (χ2v) is 6.20. The van der Waals surface area contributed by atoms with Gasteiger partial charge in [-0.25, -0.2) is 0 Å². The monoisotopic (exact) mass is 307 g/mol. The molecule has 1 N–H and O–H groups in total. The van der Waals surface area contributed by atoms with E-state index < -0.39 is 0 Å². The van der Waals surface area contributed by atoms with Crippen LogP contribution in [0.4, 0.5) is 0 Å². The molecule has 1 aliphatic rings. The molecule has 0 fully saturated rings. The summed E-state index contributed by atoms with van der Waals surface area (Å²) in [6.07, 6.45) is 0. The Labute approximate surface area is 131 Å². The molecule has 1 heterocycles. The third-order valence-electron chi connectivity index (χ3n) is 4.03. The Morgan fingerprint density at radius 1 is 1.05 bits per heavy atom. The van der Waals surface area contributed by atoms with Gasteiger partial charge < -0.3 is 5.32 Å². The van der Waals surface area contributed by atoms with Crippen LogP contribution in [0.2, 0.25) is 5.02 Å². The van der Waals surface area contributed by atoms with Crippen molar-refractivity contribution in [3.8, 4) is 0 Å². The van der Waals surface area contributed by atoms with E-state index in [9.17, 15) is 0 Å². The Kier molecular flexibility index (Phi) is 4.43. The van der Waals surface area contributed by atoms with E-state index in [-0.39, 0.29) is 17.9 Å². The van der Waals surface area contributed by atoms with Crippen molar-refractivity contribution in [2.24, 2.45) is 0 Å². The lowest BCUT2D eigenvalue weighted by atomic mass is 9.73. The third kappa shape index (κ3) is 2.71. The zero-order chi connectivity index (χ0) is 13.5. The minimum Gasteiger partial charge on any atom is -0.307 e. The largest absolute Gasteiger partial charge is 0.307 e. The Balaban J connectivity index is 0.00000147. The van der Waals surface area contributed by atoms with Gasteiger partial charge in [-0.3, -0.25) is 0 Å². The Bertz CT molecular complexity index is 590. The molecule has 1 atom stereocenters. The SMILES string of the molecule is CC1(C)NCc2ccccc2C1c1ccc(Cl)cc1.Cl. The summed E-state index contributed by atoms with van der Waals surface area (Å²) in [5.74, 6) is 0.356. The predicted molar refractivity (Wildman–Crippen MR) is 87.9 cm³/mol. The van der Waals surface area contributed by atoms with Crippen molar-refractivity contribution < 1.29 is 0 Å². The van der Waals surface area contributed by atoms with Crippen molar-refractivity contribution in [1.29, 1.82) is 0 Å². The maximum atomic E-state index is 6.01. The molecule has 0 spiro atoms. The van der Waals surface area contributed by atoms with E-state index in [0.717, 1.165) is 11.6 Å². The molecule has 0 radical (unpaired) electrons. The summed E-state index contributed by atoms with van der Waals surface area (Å²) < 4.78 is 0. The van der Waals surface area contributed by atoms with Crippen LogP contribution in [-0.2, 0) is 6.54 Å². The van der Waals surface area contributed by atoms with Crippen LogP contribution >= 0.6 is 24.0 Å². The van der Waals surface area contributed by atoms with E-state index in [1.54, 1.807) is 0 Å². The summed E-state index contributed by atoms with van der Waals surface area (Å²) in [5.41, 5.74) is 4.17. The summed E-state index contributed by atoms with van der Waals surface area (Å²) in [6.45, 7) is 5.47. The van der Waals surface area contributed by atoms with Crippen LogP contribution in [-0.4, -0.2) is 5.54 Å². The molecular formula is C17H19Cl2N. The van der Waals surface area contributed by atoms with Crippen LogP contribution in [0.3, 0.4) is 0 Å². The zero-order valence-electron chi connectivity index (χ0n) is 11.7. The number of benzene rings is 2. The average Bonchev–Trinajstić information content (AvgIpc) is 2.40. The Morgan fingerprint density at radius 2 is 1.70 bits per heavy atom. The predicted octanol–water partition coefficient (Wildman–Crippen LogP) is 4.78. The van der Waals surface area contributed by atoms with Crippen molar-refractivity contribution in [3.05, 3.63) is 70.2 Å². The molecule has 20 heavy (non-hydrogen) atoms. The van der Waals surface area contributed by atoms with Crippen LogP contribution in [0.15, 0.2) is 48.5 Å². The van der Waals surface area contributed by atoms with Crippen LogP contribution in [0.5, 0.6) is 0 Å². The molecule has 1 unspecified atom stereocenters. The standard InChI is InChI=1S/C17H18ClN.ClH/c1-17(2)16(12-7-9-14(18)10-8-12)15-6-4-3-5-13(15)11-19-17;/h3-10,16,19H,11H2,1-2H3;1H. The first-order chi connectivity index (χ1) is 9.08. The molecule has 1 aliphatic heterocycles. The smallest absolute Gasteiger partial charge is 0.0406 e. The van der Waals surface area contributed by atoms with Gasteiger partial charge in [-0.1, -0.05) is 48.0 Å². The molecule has 0 amide bonds. The molecule has 3 heteroatoms. The van der Waals surface area contributed by atoms with Gasteiger partial charge in [-0.2, -0.15) is 0 Å². The molecule has 3 rings (SSSR count). The first-order valence-corrected chi connectivity index (χ1v) is 7.04. The highest BCUT2D eigenvalue weighted by Crippen LogP contribution is 2.39. The summed E-state index contributed by atoms with van der Waals surface area (Å²) in [4.78, 5) is 0. The third-order valence-corrected chi connectivity index (χ3v) is 4.28. The molecule has 0 aliphatic carbocycles. The molecule has 2 aromatic carbocycles. The van der Waals surface area contributed by atoms with Gasteiger partial charge in [0.1, 0.15) is 0 Å². The number of rotatable bonds is 1. The van der Waals surface area contributed by atoms with Gasteiger partial charge in [0.2, 0.25) is 0 Å². The van der Waals surface area contributed by atoms with Gasteiger partial charge in [0.15, 0.2) is 0 Å². The number of fused-ring (bicyclic) bond motifs is 1. The van der Waals surface area contributed by atoms with E-state index in [2.05, 4.69) is 55.6 Å². The van der Waals surface area contributed by atoms with E-state index in [0.29, 0.717) is 5.92 Å². The van der Waals surface area contributed by atoms with E-state index in [1.807, 2.05) is 12.1 Å². The first kappa shape index (κ1) is 15.4. The van der Waals surface area contributed by atoms with Gasteiger partial charge in [0, 0.05) is 23.0 Å². The highest BCUT2D eigenvalue weighted by Gasteiger charge is 2.36. The fourth-order valence-corrected chi connectivity index (χ4v) is 3.17. The summed E-state index contributed by atoms with van der Waals surface area (Å²) in [6, 6.07) is 16.9. The molecule has 0 saturated heterocycles. The minimum absolute atomic E-state index is 0. The lowest BCUT2D eigenvalue weighted by molar-refractivity contribution is 0.323. The van der Waals surface area contributed by atoms with Crippen molar-refractivity contribution in [3.63, 3.8) is 0 Å². The van der Waals surface area contributed by atoms with E-state index in [1.165, 1.54) is 16.7 Å². The molecule has 2 aromatic rings. The molecule has 1 nitrogen and oxygen atoms in total. The highest BCUT2D eigenvalue weighted by atomic mass is 35.5. The van der Waals surface area contributed by atoms with Crippen LogP contribution in [0.1, 0.15) is 36.5 Å². The van der Waals surface area contributed by atoms with Crippen molar-refractivity contribution >= 4 is 24.0 Å². The lowest BCUT2D eigenvalue weighted by Crippen LogP contribution is -2.48. The van der Waals surface area contributed by atoms with Crippen LogP contribution in [0.25, 0.3) is 0 Å². The van der Waals surface area contributed by atoms with Gasteiger partial charge in [0.05, 0.1) is 0 Å². The van der Waals surface area contributed by atoms with Gasteiger partial charge >= 0.3 is 0 Å². The summed E-state index contributed by atoms with van der Waals surface area (Å²) >= 11 is 6.01. The number of halogens is 2. The Hall–Kier alpha value is -1.02. The van der Waals surface area contributed by atoms with E-state index in [4.69, 9.17) is 11.6 Å². The average molecular weight is 308 g/mol. The Morgan fingerprint density at radius 3 is 2.40 bits per heavy atom. The van der Waals surface area contributed by atoms with Crippen molar-refractivity contribution in [1.82, 2.24) is 5.32 Å². The normalized spacial score (nSPS) is 19.9. The van der Waals surface area contributed by atoms with Gasteiger partial charge in [0.25, 0.3) is 0 Å². The van der Waals surface area contributed by atoms with Crippen LogP contribution in [0, 0.1) is 0 Å². The first-order valence-electron chi connectivity index (χ1n) is 6.66. The van der Waals surface area contributed by atoms with Gasteiger partial charge in [-0.15, -0.1) is 12.4 Å². The maximum absolute atomic E-state index is 6.01. The second kappa shape index (κ2) is 5.77. The molecule has 0 bridgehead atoms. The van der Waals surface area contributed by atoms with Crippen molar-refractivity contribution in [2.75, 3.05) is 0 Å². The molecular weight excluding hydrogens is 289 g/mol. The van der Waals surface area contributed by atoms with Crippen molar-refractivity contribution in [2.45, 2.75) is 31.8 Å². The number of nitrogens with one attached hydrogen (secondary N) is 1. The number of hydrogen-bond donors (Lipinski definition) is 1. The topological polar surface area (TPSA) is 12.0 Å². The van der Waals surface area contributed by atoms with Gasteiger partial charge in [-0.05, 0) is 42.7 Å².